The molecular weight excluding hydrogens is 353 g/mol. The summed E-state index contributed by atoms with van der Waals surface area (Å²) in [4.78, 5) is 0.700. The molecular formula is C16H14FNO4S2. The molecule has 24 heavy (non-hydrogen) atoms. The highest BCUT2D eigenvalue weighted by Crippen LogP contribution is 2.27. The minimum atomic E-state index is -3.94. The Hall–Kier alpha value is -2.16. The summed E-state index contributed by atoms with van der Waals surface area (Å²) in [5.74, 6) is 0.539. The number of ether oxygens (including phenoxy) is 1. The van der Waals surface area contributed by atoms with Crippen molar-refractivity contribution in [3.8, 4) is 16.4 Å². The van der Waals surface area contributed by atoms with Gasteiger partial charge in [0.25, 0.3) is 0 Å². The number of benzene rings is 1. The van der Waals surface area contributed by atoms with E-state index in [1.54, 1.807) is 12.1 Å². The lowest BCUT2D eigenvalue weighted by molar-refractivity contribution is 0.400. The minimum Gasteiger partial charge on any atom is -0.495 e. The molecule has 0 aliphatic carbocycles. The van der Waals surface area contributed by atoms with Crippen LogP contribution in [0.2, 0.25) is 0 Å². The Bertz CT molecular complexity index is 933. The molecule has 0 saturated carbocycles. The molecule has 0 radical (unpaired) electrons. The zero-order valence-electron chi connectivity index (χ0n) is 12.7. The third-order valence-corrected chi connectivity index (χ3v) is 5.58. The highest BCUT2D eigenvalue weighted by Gasteiger charge is 2.20. The monoisotopic (exact) mass is 367 g/mol. The Morgan fingerprint density at radius 1 is 1.25 bits per heavy atom. The van der Waals surface area contributed by atoms with Crippen LogP contribution in [0.15, 0.2) is 57.2 Å². The normalized spacial score (nSPS) is 11.6. The first-order valence-corrected chi connectivity index (χ1v) is 9.31. The topological polar surface area (TPSA) is 68.5 Å². The molecule has 0 aliphatic rings. The van der Waals surface area contributed by atoms with Crippen molar-refractivity contribution in [2.75, 3.05) is 7.11 Å². The van der Waals surface area contributed by atoms with Gasteiger partial charge in [0.15, 0.2) is 0 Å². The zero-order valence-corrected chi connectivity index (χ0v) is 14.3. The number of hydrogen-bond donors (Lipinski definition) is 1. The summed E-state index contributed by atoms with van der Waals surface area (Å²) in [7, 11) is -2.62. The molecule has 0 amide bonds. The Balaban J connectivity index is 1.77. The third-order valence-electron chi connectivity index (χ3n) is 3.28. The van der Waals surface area contributed by atoms with Crippen molar-refractivity contribution in [2.45, 2.75) is 11.4 Å². The molecule has 0 bridgehead atoms. The Kier molecular flexibility index (Phi) is 4.70. The molecule has 0 aliphatic heterocycles. The summed E-state index contributed by atoms with van der Waals surface area (Å²) in [5.41, 5.74) is 0. The molecule has 0 fully saturated rings. The molecule has 3 aromatic rings. The van der Waals surface area contributed by atoms with Crippen LogP contribution in [0, 0.1) is 5.82 Å². The van der Waals surface area contributed by atoms with Gasteiger partial charge in [-0.25, -0.2) is 17.5 Å². The predicted molar refractivity (Wildman–Crippen MR) is 89.0 cm³/mol. The molecule has 126 valence electrons. The highest BCUT2D eigenvalue weighted by atomic mass is 32.2. The van der Waals surface area contributed by atoms with Gasteiger partial charge in [0.05, 0.1) is 18.5 Å². The molecule has 0 atom stereocenters. The summed E-state index contributed by atoms with van der Waals surface area (Å²) in [5, 5.41) is 1.93. The predicted octanol–water partition coefficient (Wildman–Crippen LogP) is 3.63. The Morgan fingerprint density at radius 3 is 2.79 bits per heavy atom. The van der Waals surface area contributed by atoms with Crippen molar-refractivity contribution in [1.82, 2.24) is 4.72 Å². The lowest BCUT2D eigenvalue weighted by Gasteiger charge is -2.10. The summed E-state index contributed by atoms with van der Waals surface area (Å²) >= 11 is 1.53. The number of furan rings is 1. The van der Waals surface area contributed by atoms with Crippen molar-refractivity contribution in [3.63, 3.8) is 0 Å². The van der Waals surface area contributed by atoms with E-state index in [0.29, 0.717) is 11.5 Å². The number of nitrogens with one attached hydrogen (secondary N) is 1. The van der Waals surface area contributed by atoms with Crippen LogP contribution in [0.4, 0.5) is 4.39 Å². The molecule has 3 rings (SSSR count). The maximum absolute atomic E-state index is 13.4. The molecule has 0 unspecified atom stereocenters. The summed E-state index contributed by atoms with van der Waals surface area (Å²) in [6.07, 6.45) is 0. The average molecular weight is 367 g/mol. The SMILES string of the molecule is COc1ccc(F)cc1S(=O)(=O)NCc1ccc(-c2cccs2)o1. The number of methoxy groups -OCH3 is 1. The van der Waals surface area contributed by atoms with Gasteiger partial charge in [0.1, 0.15) is 28.0 Å². The lowest BCUT2D eigenvalue weighted by Crippen LogP contribution is -2.23. The van der Waals surface area contributed by atoms with Crippen molar-refractivity contribution in [3.05, 3.63) is 59.4 Å². The van der Waals surface area contributed by atoms with Gasteiger partial charge < -0.3 is 9.15 Å². The van der Waals surface area contributed by atoms with Crippen LogP contribution in [-0.2, 0) is 16.6 Å². The number of rotatable bonds is 6. The first-order chi connectivity index (χ1) is 11.5. The molecule has 1 N–H and O–H groups in total. The summed E-state index contributed by atoms with van der Waals surface area (Å²) in [6.45, 7) is -0.0482. The van der Waals surface area contributed by atoms with Crippen LogP contribution in [-0.4, -0.2) is 15.5 Å². The summed E-state index contributed by atoms with van der Waals surface area (Å²) in [6, 6.07) is 10.6. The van der Waals surface area contributed by atoms with Gasteiger partial charge in [-0.15, -0.1) is 11.3 Å². The van der Waals surface area contributed by atoms with E-state index < -0.39 is 15.8 Å². The number of hydrogen-bond acceptors (Lipinski definition) is 5. The fraction of sp³-hybridized carbons (Fsp3) is 0.125. The van der Waals surface area contributed by atoms with Crippen LogP contribution >= 0.6 is 11.3 Å². The minimum absolute atomic E-state index is 0.0482. The van der Waals surface area contributed by atoms with Crippen molar-refractivity contribution >= 4 is 21.4 Å². The molecule has 8 heteroatoms. The first-order valence-electron chi connectivity index (χ1n) is 6.95. The third kappa shape index (κ3) is 3.50. The Morgan fingerprint density at radius 2 is 2.08 bits per heavy atom. The van der Waals surface area contributed by atoms with Crippen LogP contribution in [0.3, 0.4) is 0 Å². The van der Waals surface area contributed by atoms with E-state index in [4.69, 9.17) is 9.15 Å². The van der Waals surface area contributed by atoms with Crippen molar-refractivity contribution in [2.24, 2.45) is 0 Å². The fourth-order valence-electron chi connectivity index (χ4n) is 2.13. The second-order valence-electron chi connectivity index (χ2n) is 4.86. The van der Waals surface area contributed by atoms with Gasteiger partial charge in [0.2, 0.25) is 10.0 Å². The molecule has 2 aromatic heterocycles. The lowest BCUT2D eigenvalue weighted by atomic mass is 10.3. The van der Waals surface area contributed by atoms with Crippen LogP contribution in [0.5, 0.6) is 5.75 Å². The number of sulfonamides is 1. The van der Waals surface area contributed by atoms with Crippen LogP contribution < -0.4 is 9.46 Å². The molecule has 0 saturated heterocycles. The highest BCUT2D eigenvalue weighted by molar-refractivity contribution is 7.89. The van der Waals surface area contributed by atoms with Gasteiger partial charge in [-0.3, -0.25) is 0 Å². The van der Waals surface area contributed by atoms with Gasteiger partial charge >= 0.3 is 0 Å². The molecule has 2 heterocycles. The zero-order chi connectivity index (χ0) is 17.2. The average Bonchev–Trinajstić information content (AvgIpc) is 3.24. The van der Waals surface area contributed by atoms with E-state index in [9.17, 15) is 12.8 Å². The van der Waals surface area contributed by atoms with E-state index in [0.717, 1.165) is 17.0 Å². The Labute approximate surface area is 142 Å². The van der Waals surface area contributed by atoms with Crippen molar-refractivity contribution in [1.29, 1.82) is 0 Å². The van der Waals surface area contributed by atoms with Gasteiger partial charge in [-0.1, -0.05) is 6.07 Å². The van der Waals surface area contributed by atoms with E-state index in [1.165, 1.54) is 24.5 Å². The smallest absolute Gasteiger partial charge is 0.244 e. The maximum Gasteiger partial charge on any atom is 0.244 e. The first kappa shape index (κ1) is 16.7. The fourth-order valence-corrected chi connectivity index (χ4v) is 3.99. The van der Waals surface area contributed by atoms with E-state index in [-0.39, 0.29) is 17.2 Å². The van der Waals surface area contributed by atoms with E-state index in [2.05, 4.69) is 4.72 Å². The number of halogens is 1. The van der Waals surface area contributed by atoms with E-state index in [1.807, 2.05) is 17.5 Å². The molecule has 5 nitrogen and oxygen atoms in total. The van der Waals surface area contributed by atoms with Crippen molar-refractivity contribution < 1.29 is 22.0 Å². The number of thiophene rings is 1. The van der Waals surface area contributed by atoms with Gasteiger partial charge in [0, 0.05) is 0 Å². The second kappa shape index (κ2) is 6.76. The quantitative estimate of drug-likeness (QED) is 0.722. The maximum atomic E-state index is 13.4. The largest absolute Gasteiger partial charge is 0.495 e. The van der Waals surface area contributed by atoms with Crippen LogP contribution in [0.1, 0.15) is 5.76 Å². The molecule has 0 spiro atoms. The standard InChI is InChI=1S/C16H14FNO4S2/c1-21-14-6-4-11(17)9-16(14)24(19,20)18-10-12-5-7-13(22-12)15-3-2-8-23-15/h2-9,18H,10H2,1H3. The van der Waals surface area contributed by atoms with E-state index >= 15 is 0 Å². The second-order valence-corrected chi connectivity index (χ2v) is 7.55. The van der Waals surface area contributed by atoms with Gasteiger partial charge in [-0.2, -0.15) is 0 Å². The summed E-state index contributed by atoms with van der Waals surface area (Å²) < 4.78 is 51.1. The molecule has 1 aromatic carbocycles. The van der Waals surface area contributed by atoms with Gasteiger partial charge in [-0.05, 0) is 41.8 Å². The van der Waals surface area contributed by atoms with Crippen LogP contribution in [0.25, 0.3) is 10.6 Å².